The van der Waals surface area contributed by atoms with E-state index in [2.05, 4.69) is 15.9 Å². The van der Waals surface area contributed by atoms with Crippen LogP contribution in [0, 0.1) is 17.8 Å². The Hall–Kier alpha value is -3.53. The lowest BCUT2D eigenvalue weighted by Crippen LogP contribution is -2.42. The minimum absolute atomic E-state index is 0.0602. The number of imide groups is 3. The topological polar surface area (TPSA) is 144 Å². The molecule has 1 aliphatic heterocycles. The van der Waals surface area contributed by atoms with Crippen molar-refractivity contribution in [2.75, 3.05) is 7.11 Å². The number of hydrogen-bond donors (Lipinski definition) is 2. The lowest BCUT2D eigenvalue weighted by Gasteiger charge is -2.42. The molecule has 0 saturated carbocycles. The maximum Gasteiger partial charge on any atom is 0.328 e. The van der Waals surface area contributed by atoms with Crippen molar-refractivity contribution in [2.24, 2.45) is 23.5 Å². The summed E-state index contributed by atoms with van der Waals surface area (Å²) in [5.41, 5.74) is 7.05. The zero-order chi connectivity index (χ0) is 25.3. The molecule has 9 nitrogen and oxygen atoms in total. The molecule has 4 atom stereocenters. The fourth-order valence-electron chi connectivity index (χ4n) is 5.90. The molecular weight excluding hydrogens is 520 g/mol. The molecule has 1 saturated heterocycles. The van der Waals surface area contributed by atoms with Crippen LogP contribution in [-0.2, 0) is 19.2 Å². The van der Waals surface area contributed by atoms with Crippen LogP contribution in [0.15, 0.2) is 51.0 Å². The van der Waals surface area contributed by atoms with Crippen LogP contribution in [0.1, 0.15) is 31.2 Å². The van der Waals surface area contributed by atoms with Crippen molar-refractivity contribution in [2.45, 2.75) is 25.7 Å². The highest BCUT2D eigenvalue weighted by molar-refractivity contribution is 9.10. The van der Waals surface area contributed by atoms with Crippen LogP contribution in [0.2, 0.25) is 0 Å². The van der Waals surface area contributed by atoms with Gasteiger partial charge in [-0.2, -0.15) is 4.90 Å². The van der Waals surface area contributed by atoms with E-state index in [9.17, 15) is 29.1 Å². The van der Waals surface area contributed by atoms with Gasteiger partial charge in [0.15, 0.2) is 23.1 Å². The number of nitrogens with zero attached hydrogens (tertiary/aromatic N) is 1. The summed E-state index contributed by atoms with van der Waals surface area (Å²) in [4.78, 5) is 64.8. The first-order chi connectivity index (χ1) is 16.6. The number of urea groups is 1. The van der Waals surface area contributed by atoms with E-state index in [1.165, 1.54) is 13.2 Å². The van der Waals surface area contributed by atoms with E-state index in [0.29, 0.717) is 20.5 Å². The maximum atomic E-state index is 13.4. The second kappa shape index (κ2) is 8.01. The highest BCUT2D eigenvalue weighted by Crippen LogP contribution is 2.57. The number of ketones is 2. The second-order valence-electron chi connectivity index (χ2n) is 9.12. The van der Waals surface area contributed by atoms with Crippen LogP contribution in [0.3, 0.4) is 0 Å². The van der Waals surface area contributed by atoms with Crippen molar-refractivity contribution in [1.29, 1.82) is 0 Å². The number of ether oxygens (including phenoxy) is 1. The lowest BCUT2D eigenvalue weighted by atomic mass is 9.59. The predicted octanol–water partition coefficient (Wildman–Crippen LogP) is 2.67. The number of aromatic hydroxyl groups is 1. The number of allylic oxidation sites excluding steroid dienone is 6. The van der Waals surface area contributed by atoms with Gasteiger partial charge in [-0.1, -0.05) is 27.6 Å². The summed E-state index contributed by atoms with van der Waals surface area (Å²) in [6.07, 6.45) is 3.28. The van der Waals surface area contributed by atoms with Gasteiger partial charge in [-0.3, -0.25) is 19.2 Å². The number of fused-ring (bicyclic) bond motifs is 3. The van der Waals surface area contributed by atoms with Crippen LogP contribution in [-0.4, -0.2) is 46.5 Å². The molecule has 0 bridgehead atoms. The number of carbonyl (C=O) groups is 5. The smallest absolute Gasteiger partial charge is 0.328 e. The summed E-state index contributed by atoms with van der Waals surface area (Å²) >= 11 is 3.41. The molecule has 1 aromatic rings. The molecular formula is C25H21BrN2O7. The van der Waals surface area contributed by atoms with Gasteiger partial charge in [0.05, 0.1) is 18.9 Å². The second-order valence-corrected chi connectivity index (χ2v) is 10.0. The Bertz CT molecular complexity index is 1360. The molecule has 1 aromatic carbocycles. The van der Waals surface area contributed by atoms with Crippen molar-refractivity contribution in [1.82, 2.24) is 4.90 Å². The summed E-state index contributed by atoms with van der Waals surface area (Å²) < 4.78 is 5.88. The van der Waals surface area contributed by atoms with Crippen LogP contribution in [0.25, 0.3) is 0 Å². The summed E-state index contributed by atoms with van der Waals surface area (Å²) in [5, 5.41) is 11.1. The SMILES string of the molecule is COc1cc(Br)cc(C2C3=CCC4C(=O)N(C(N)=O)C(=O)C4C3CC3=C2C(=O)C(C)=CC3=O)c1O. The first-order valence-electron chi connectivity index (χ1n) is 11.0. The normalized spacial score (nSPS) is 27.8. The molecule has 1 heterocycles. The van der Waals surface area contributed by atoms with Gasteiger partial charge in [0, 0.05) is 32.7 Å². The number of nitrogens with two attached hydrogens (primary N) is 1. The summed E-state index contributed by atoms with van der Waals surface area (Å²) in [6, 6.07) is 2.08. The number of likely N-dealkylation sites (tertiary alicyclic amines) is 1. The van der Waals surface area contributed by atoms with Crippen molar-refractivity contribution in [3.8, 4) is 11.5 Å². The van der Waals surface area contributed by atoms with Gasteiger partial charge in [-0.25, -0.2) is 4.79 Å². The number of phenolic OH excluding ortho intramolecular Hbond substituents is 1. The summed E-state index contributed by atoms with van der Waals surface area (Å²) in [6.45, 7) is 1.56. The van der Waals surface area contributed by atoms with Crippen molar-refractivity contribution in [3.05, 3.63) is 56.6 Å². The van der Waals surface area contributed by atoms with Crippen LogP contribution in [0.4, 0.5) is 4.79 Å². The highest BCUT2D eigenvalue weighted by atomic mass is 79.9. The van der Waals surface area contributed by atoms with E-state index in [0.717, 1.165) is 0 Å². The minimum atomic E-state index is -1.14. The number of benzene rings is 1. The highest BCUT2D eigenvalue weighted by Gasteiger charge is 2.57. The first kappa shape index (κ1) is 23.2. The molecule has 4 amide bonds. The third-order valence-electron chi connectivity index (χ3n) is 7.39. The van der Waals surface area contributed by atoms with E-state index in [4.69, 9.17) is 10.5 Å². The Labute approximate surface area is 208 Å². The molecule has 0 spiro atoms. The summed E-state index contributed by atoms with van der Waals surface area (Å²) in [5.74, 6) is -5.24. The van der Waals surface area contributed by atoms with Crippen LogP contribution < -0.4 is 10.5 Å². The van der Waals surface area contributed by atoms with Gasteiger partial charge in [-0.05, 0) is 43.9 Å². The van der Waals surface area contributed by atoms with Crippen molar-refractivity contribution in [3.63, 3.8) is 0 Å². The van der Waals surface area contributed by atoms with E-state index in [1.54, 1.807) is 25.1 Å². The molecule has 3 aliphatic carbocycles. The molecule has 4 unspecified atom stereocenters. The number of primary amides is 1. The van der Waals surface area contributed by atoms with Gasteiger partial charge in [0.2, 0.25) is 11.8 Å². The van der Waals surface area contributed by atoms with Gasteiger partial charge in [0.25, 0.3) is 0 Å². The number of amides is 4. The van der Waals surface area contributed by atoms with E-state index < -0.39 is 41.5 Å². The predicted molar refractivity (Wildman–Crippen MR) is 125 cm³/mol. The third-order valence-corrected chi connectivity index (χ3v) is 7.84. The number of hydrogen-bond acceptors (Lipinski definition) is 7. The number of Topliss-reactive ketones (excluding diaryl/α,β-unsaturated/α-hetero) is 1. The molecule has 10 heteroatoms. The standard InChI is InChI=1S/C25H21BrN2O7/c1-9-5-16(29)14-8-13-11(3-4-12-19(13)24(33)28(23(12)32)25(27)34)18(20(14)21(9)30)15-6-10(26)7-17(35-2)22(15)31/h3,5-7,12-13,18-19,31H,4,8H2,1-2H3,(H2,27,34). The van der Waals surface area contributed by atoms with E-state index >= 15 is 0 Å². The molecule has 0 aromatic heterocycles. The molecule has 35 heavy (non-hydrogen) atoms. The van der Waals surface area contributed by atoms with Crippen LogP contribution in [0.5, 0.6) is 11.5 Å². The number of halogens is 1. The number of phenols is 1. The third kappa shape index (κ3) is 3.23. The average Bonchev–Trinajstić information content (AvgIpc) is 3.07. The monoisotopic (exact) mass is 540 g/mol. The molecule has 180 valence electrons. The van der Waals surface area contributed by atoms with Crippen LogP contribution >= 0.6 is 15.9 Å². The Morgan fingerprint density at radius 1 is 1.17 bits per heavy atom. The van der Waals surface area contributed by atoms with Gasteiger partial charge >= 0.3 is 6.03 Å². The summed E-state index contributed by atoms with van der Waals surface area (Å²) in [7, 11) is 1.40. The molecule has 3 N–H and O–H groups in total. The number of carbonyl (C=O) groups excluding carboxylic acids is 5. The Morgan fingerprint density at radius 2 is 1.89 bits per heavy atom. The van der Waals surface area contributed by atoms with E-state index in [1.807, 2.05) is 0 Å². The number of rotatable bonds is 2. The fourth-order valence-corrected chi connectivity index (χ4v) is 6.36. The zero-order valence-electron chi connectivity index (χ0n) is 18.8. The largest absolute Gasteiger partial charge is 0.504 e. The van der Waals surface area contributed by atoms with Crippen molar-refractivity contribution >= 4 is 45.3 Å². The van der Waals surface area contributed by atoms with Gasteiger partial charge in [0.1, 0.15) is 0 Å². The Morgan fingerprint density at radius 3 is 2.54 bits per heavy atom. The zero-order valence-corrected chi connectivity index (χ0v) is 20.4. The van der Waals surface area contributed by atoms with Crippen molar-refractivity contribution < 1.29 is 33.8 Å². The molecule has 4 aliphatic rings. The maximum absolute atomic E-state index is 13.4. The Balaban J connectivity index is 1.75. The Kier molecular flexibility index (Phi) is 5.32. The molecule has 1 fully saturated rings. The minimum Gasteiger partial charge on any atom is -0.504 e. The lowest BCUT2D eigenvalue weighted by molar-refractivity contribution is -0.136. The van der Waals surface area contributed by atoms with E-state index in [-0.39, 0.29) is 52.6 Å². The fraction of sp³-hybridized carbons (Fsp3) is 0.320. The molecule has 5 rings (SSSR count). The van der Waals surface area contributed by atoms with Gasteiger partial charge < -0.3 is 15.6 Å². The first-order valence-corrected chi connectivity index (χ1v) is 11.8. The molecule has 0 radical (unpaired) electrons. The van der Waals surface area contributed by atoms with Gasteiger partial charge in [-0.15, -0.1) is 0 Å². The quantitative estimate of drug-likeness (QED) is 0.333. The number of methoxy groups -OCH3 is 1. The average molecular weight is 541 g/mol.